The van der Waals surface area contributed by atoms with Crippen molar-refractivity contribution in [3.8, 4) is 0 Å². The molecular formula is C21H23N3O3. The predicted molar refractivity (Wildman–Crippen MR) is 103 cm³/mol. The molecule has 0 radical (unpaired) electrons. The molecule has 1 unspecified atom stereocenters. The van der Waals surface area contributed by atoms with Gasteiger partial charge in [-0.15, -0.1) is 0 Å². The van der Waals surface area contributed by atoms with Crippen molar-refractivity contribution < 1.29 is 9.32 Å². The van der Waals surface area contributed by atoms with Crippen molar-refractivity contribution in [3.63, 3.8) is 0 Å². The molecule has 27 heavy (non-hydrogen) atoms. The van der Waals surface area contributed by atoms with Crippen molar-refractivity contribution in [1.29, 1.82) is 0 Å². The molecule has 1 aliphatic rings. The van der Waals surface area contributed by atoms with Crippen LogP contribution in [0.5, 0.6) is 0 Å². The number of pyridine rings is 1. The molecule has 1 amide bonds. The maximum Gasteiger partial charge on any atom is 0.259 e. The molecule has 1 aromatic carbocycles. The van der Waals surface area contributed by atoms with E-state index in [1.165, 1.54) is 0 Å². The lowest BCUT2D eigenvalue weighted by Crippen LogP contribution is -2.34. The number of benzene rings is 1. The van der Waals surface area contributed by atoms with Gasteiger partial charge in [0.1, 0.15) is 11.3 Å². The van der Waals surface area contributed by atoms with E-state index in [9.17, 15) is 9.59 Å². The Morgan fingerprint density at radius 1 is 1.26 bits per heavy atom. The zero-order valence-corrected chi connectivity index (χ0v) is 16.1. The quantitative estimate of drug-likeness (QED) is 0.698. The van der Waals surface area contributed by atoms with Crippen LogP contribution in [0.1, 0.15) is 51.8 Å². The number of hydrogen-bond donors (Lipinski definition) is 0. The van der Waals surface area contributed by atoms with Crippen LogP contribution in [-0.2, 0) is 7.05 Å². The van der Waals surface area contributed by atoms with E-state index < -0.39 is 0 Å². The van der Waals surface area contributed by atoms with Crippen molar-refractivity contribution in [2.45, 2.75) is 39.7 Å². The molecule has 3 aromatic rings. The van der Waals surface area contributed by atoms with Crippen molar-refractivity contribution in [2.24, 2.45) is 7.05 Å². The van der Waals surface area contributed by atoms with Gasteiger partial charge in [0, 0.05) is 30.7 Å². The van der Waals surface area contributed by atoms with Gasteiger partial charge in [-0.25, -0.2) is 0 Å². The van der Waals surface area contributed by atoms with Gasteiger partial charge in [0.15, 0.2) is 0 Å². The van der Waals surface area contributed by atoms with Gasteiger partial charge in [0.2, 0.25) is 5.43 Å². The number of aromatic nitrogens is 2. The Kier molecular flexibility index (Phi) is 4.13. The van der Waals surface area contributed by atoms with Gasteiger partial charge in [-0.3, -0.25) is 9.59 Å². The second kappa shape index (κ2) is 6.37. The first-order chi connectivity index (χ1) is 12.9. The lowest BCUT2D eigenvalue weighted by molar-refractivity contribution is 0.0733. The van der Waals surface area contributed by atoms with Crippen molar-refractivity contribution >= 4 is 16.8 Å². The lowest BCUT2D eigenvalue weighted by atomic mass is 10.0. The van der Waals surface area contributed by atoms with Gasteiger partial charge in [0.25, 0.3) is 5.91 Å². The van der Waals surface area contributed by atoms with Gasteiger partial charge in [-0.05, 0) is 45.7 Å². The molecule has 4 rings (SSSR count). The topological polar surface area (TPSA) is 68.3 Å². The van der Waals surface area contributed by atoms with E-state index in [1.807, 2.05) is 50.6 Å². The minimum atomic E-state index is -0.221. The van der Waals surface area contributed by atoms with Crippen LogP contribution in [0.15, 0.2) is 33.7 Å². The second-order valence-electron chi connectivity index (χ2n) is 7.40. The molecule has 0 bridgehead atoms. The number of fused-ring (bicyclic) bond motifs is 1. The summed E-state index contributed by atoms with van der Waals surface area (Å²) in [6.45, 7) is 6.34. The molecule has 6 nitrogen and oxygen atoms in total. The Labute approximate surface area is 157 Å². The van der Waals surface area contributed by atoms with Gasteiger partial charge in [-0.2, -0.15) is 0 Å². The zero-order chi connectivity index (χ0) is 19.3. The first kappa shape index (κ1) is 17.5. The Morgan fingerprint density at radius 3 is 2.74 bits per heavy atom. The SMILES string of the molecule is Cc1ccc2c(c1)c(=O)c(C(=O)N1CCCC1c1c(C)noc1C)cn2C. The van der Waals surface area contributed by atoms with E-state index >= 15 is 0 Å². The van der Waals surface area contributed by atoms with Gasteiger partial charge in [0.05, 0.1) is 17.3 Å². The smallest absolute Gasteiger partial charge is 0.259 e. The summed E-state index contributed by atoms with van der Waals surface area (Å²) in [7, 11) is 1.86. The number of carbonyl (C=O) groups is 1. The fourth-order valence-corrected chi connectivity index (χ4v) is 4.19. The predicted octanol–water partition coefficient (Wildman–Crippen LogP) is 3.43. The normalized spacial score (nSPS) is 17.0. The number of likely N-dealkylation sites (tertiary alicyclic amines) is 1. The van der Waals surface area contributed by atoms with E-state index in [2.05, 4.69) is 5.16 Å². The average Bonchev–Trinajstić information content (AvgIpc) is 3.23. The van der Waals surface area contributed by atoms with Crippen molar-refractivity contribution in [3.05, 3.63) is 62.8 Å². The molecule has 2 aromatic heterocycles. The monoisotopic (exact) mass is 365 g/mol. The maximum atomic E-state index is 13.3. The van der Waals surface area contributed by atoms with Gasteiger partial charge >= 0.3 is 0 Å². The summed E-state index contributed by atoms with van der Waals surface area (Å²) in [5.74, 6) is 0.515. The fourth-order valence-electron chi connectivity index (χ4n) is 4.19. The summed E-state index contributed by atoms with van der Waals surface area (Å²) in [4.78, 5) is 28.2. The average molecular weight is 365 g/mol. The second-order valence-corrected chi connectivity index (χ2v) is 7.40. The summed E-state index contributed by atoms with van der Waals surface area (Å²) in [6.07, 6.45) is 3.40. The molecule has 1 atom stereocenters. The number of amides is 1. The minimum absolute atomic E-state index is 0.0957. The van der Waals surface area contributed by atoms with Gasteiger partial charge in [-0.1, -0.05) is 16.8 Å². The highest BCUT2D eigenvalue weighted by Gasteiger charge is 2.35. The highest BCUT2D eigenvalue weighted by atomic mass is 16.5. The fraction of sp³-hybridized carbons (Fsp3) is 0.381. The number of hydrogen-bond acceptors (Lipinski definition) is 4. The first-order valence-corrected chi connectivity index (χ1v) is 9.22. The molecule has 1 aliphatic heterocycles. The van der Waals surface area contributed by atoms with E-state index in [4.69, 9.17) is 4.52 Å². The van der Waals surface area contributed by atoms with Crippen molar-refractivity contribution in [1.82, 2.24) is 14.6 Å². The van der Waals surface area contributed by atoms with Crippen LogP contribution in [0.4, 0.5) is 0 Å². The van der Waals surface area contributed by atoms with Crippen LogP contribution in [-0.4, -0.2) is 27.1 Å². The molecule has 0 spiro atoms. The molecule has 1 saturated heterocycles. The zero-order valence-electron chi connectivity index (χ0n) is 16.1. The van der Waals surface area contributed by atoms with E-state index in [0.717, 1.165) is 40.9 Å². The van der Waals surface area contributed by atoms with Crippen LogP contribution < -0.4 is 5.43 Å². The summed E-state index contributed by atoms with van der Waals surface area (Å²) in [6, 6.07) is 5.64. The molecule has 0 aliphatic carbocycles. The maximum absolute atomic E-state index is 13.3. The third-order valence-corrected chi connectivity index (χ3v) is 5.51. The van der Waals surface area contributed by atoms with Crippen LogP contribution in [0.2, 0.25) is 0 Å². The van der Waals surface area contributed by atoms with Crippen LogP contribution in [0, 0.1) is 20.8 Å². The van der Waals surface area contributed by atoms with Crippen LogP contribution in [0.25, 0.3) is 10.9 Å². The Balaban J connectivity index is 1.81. The van der Waals surface area contributed by atoms with E-state index in [1.54, 1.807) is 11.1 Å². The summed E-state index contributed by atoms with van der Waals surface area (Å²) in [5.41, 5.74) is 3.61. The number of nitrogens with zero attached hydrogens (tertiary/aromatic N) is 3. The summed E-state index contributed by atoms with van der Waals surface area (Å²) < 4.78 is 7.15. The number of rotatable bonds is 2. The minimum Gasteiger partial charge on any atom is -0.361 e. The van der Waals surface area contributed by atoms with Gasteiger partial charge < -0.3 is 14.0 Å². The lowest BCUT2D eigenvalue weighted by Gasteiger charge is -2.25. The Morgan fingerprint density at radius 2 is 2.04 bits per heavy atom. The third kappa shape index (κ3) is 2.76. The molecule has 3 heterocycles. The molecule has 6 heteroatoms. The summed E-state index contributed by atoms with van der Waals surface area (Å²) >= 11 is 0. The van der Waals surface area contributed by atoms with Crippen LogP contribution >= 0.6 is 0 Å². The number of carbonyl (C=O) groups excluding carboxylic acids is 1. The molecule has 1 fully saturated rings. The van der Waals surface area contributed by atoms with E-state index in [0.29, 0.717) is 11.9 Å². The molecule has 0 N–H and O–H groups in total. The molecule has 140 valence electrons. The molecular weight excluding hydrogens is 342 g/mol. The Hall–Kier alpha value is -2.89. The first-order valence-electron chi connectivity index (χ1n) is 9.22. The highest BCUT2D eigenvalue weighted by molar-refractivity contribution is 5.97. The van der Waals surface area contributed by atoms with Crippen molar-refractivity contribution in [2.75, 3.05) is 6.54 Å². The third-order valence-electron chi connectivity index (χ3n) is 5.51. The number of aryl methyl sites for hydroxylation is 4. The van der Waals surface area contributed by atoms with E-state index in [-0.39, 0.29) is 22.9 Å². The molecule has 0 saturated carbocycles. The van der Waals surface area contributed by atoms with Crippen LogP contribution in [0.3, 0.4) is 0 Å². The summed E-state index contributed by atoms with van der Waals surface area (Å²) in [5, 5.41) is 4.61. The standard InChI is InChI=1S/C21H23N3O3/c1-12-7-8-17-15(10-12)20(25)16(11-23(17)4)21(26)24-9-5-6-18(24)19-13(2)22-27-14(19)3/h7-8,10-11,18H,5-6,9H2,1-4H3. The Bertz CT molecular complexity index is 1090. The largest absolute Gasteiger partial charge is 0.361 e. The highest BCUT2D eigenvalue weighted by Crippen LogP contribution is 2.36.